The fraction of sp³-hybridized carbons (Fsp3) is 0.267. The highest BCUT2D eigenvalue weighted by Gasteiger charge is 2.18. The Kier molecular flexibility index (Phi) is 2.42. The molecule has 0 aliphatic heterocycles. The second-order valence-corrected chi connectivity index (χ2v) is 4.72. The first-order chi connectivity index (χ1) is 9.04. The molecule has 1 aromatic carbocycles. The van der Waals surface area contributed by atoms with E-state index in [1.165, 1.54) is 0 Å². The molecule has 3 aromatic rings. The van der Waals surface area contributed by atoms with Gasteiger partial charge in [-0.1, -0.05) is 0 Å². The normalized spacial score (nSPS) is 11.4. The third kappa shape index (κ3) is 1.49. The van der Waals surface area contributed by atoms with Gasteiger partial charge >= 0.3 is 5.63 Å². The van der Waals surface area contributed by atoms with Crippen LogP contribution in [0, 0.1) is 20.8 Å². The van der Waals surface area contributed by atoms with Gasteiger partial charge in [-0.3, -0.25) is 0 Å². The Morgan fingerprint density at radius 3 is 2.47 bits per heavy atom. The second-order valence-electron chi connectivity index (χ2n) is 4.72. The Hall–Kier alpha value is -2.23. The van der Waals surface area contributed by atoms with E-state index in [0.29, 0.717) is 22.5 Å². The number of furan rings is 1. The summed E-state index contributed by atoms with van der Waals surface area (Å²) in [5.41, 5.74) is 3.27. The maximum absolute atomic E-state index is 11.8. The lowest BCUT2D eigenvalue weighted by molar-refractivity contribution is 0.402. The number of fused-ring (bicyclic) bond motifs is 2. The van der Waals surface area contributed by atoms with Crippen molar-refractivity contribution in [3.8, 4) is 5.75 Å². The molecule has 0 N–H and O–H groups in total. The van der Waals surface area contributed by atoms with Crippen LogP contribution in [0.5, 0.6) is 5.75 Å². The van der Waals surface area contributed by atoms with E-state index in [4.69, 9.17) is 13.6 Å². The molecule has 0 unspecified atom stereocenters. The molecule has 3 rings (SSSR count). The summed E-state index contributed by atoms with van der Waals surface area (Å²) >= 11 is 0. The molecule has 4 nitrogen and oxygen atoms in total. The molecule has 0 spiro atoms. The maximum atomic E-state index is 11.8. The molecule has 98 valence electrons. The van der Waals surface area contributed by atoms with E-state index in [1.54, 1.807) is 20.3 Å². The summed E-state index contributed by atoms with van der Waals surface area (Å²) in [6, 6.07) is 1.98. The zero-order valence-electron chi connectivity index (χ0n) is 11.3. The average molecular weight is 258 g/mol. The van der Waals surface area contributed by atoms with Gasteiger partial charge in [0.15, 0.2) is 11.2 Å². The van der Waals surface area contributed by atoms with E-state index in [9.17, 15) is 4.79 Å². The number of aryl methyl sites for hydroxylation is 2. The molecular formula is C15H14O4. The monoisotopic (exact) mass is 258 g/mol. The Labute approximate surface area is 109 Å². The molecule has 0 aliphatic carbocycles. The van der Waals surface area contributed by atoms with Crippen molar-refractivity contribution in [1.82, 2.24) is 0 Å². The van der Waals surface area contributed by atoms with E-state index >= 15 is 0 Å². The summed E-state index contributed by atoms with van der Waals surface area (Å²) in [5, 5.41) is 1.85. The van der Waals surface area contributed by atoms with Gasteiger partial charge in [0.1, 0.15) is 0 Å². The van der Waals surface area contributed by atoms with Crippen LogP contribution in [0.15, 0.2) is 26.0 Å². The largest absolute Gasteiger partial charge is 0.490 e. The molecule has 0 saturated carbocycles. The molecule has 19 heavy (non-hydrogen) atoms. The number of methoxy groups -OCH3 is 1. The molecule has 2 heterocycles. The third-order valence-corrected chi connectivity index (χ3v) is 3.64. The Morgan fingerprint density at radius 1 is 1.05 bits per heavy atom. The minimum absolute atomic E-state index is 0.342. The van der Waals surface area contributed by atoms with E-state index in [2.05, 4.69) is 0 Å². The quantitative estimate of drug-likeness (QED) is 0.627. The first-order valence-corrected chi connectivity index (χ1v) is 6.03. The van der Waals surface area contributed by atoms with E-state index in [0.717, 1.165) is 21.9 Å². The van der Waals surface area contributed by atoms with Crippen molar-refractivity contribution in [3.63, 3.8) is 0 Å². The zero-order valence-corrected chi connectivity index (χ0v) is 11.3. The lowest BCUT2D eigenvalue weighted by Crippen LogP contribution is -2.06. The summed E-state index contributed by atoms with van der Waals surface area (Å²) in [5.74, 6) is 0.473. The highest BCUT2D eigenvalue weighted by atomic mass is 16.5. The van der Waals surface area contributed by atoms with Crippen molar-refractivity contribution in [3.05, 3.63) is 39.4 Å². The van der Waals surface area contributed by atoms with Crippen LogP contribution in [0.1, 0.15) is 16.7 Å². The van der Waals surface area contributed by atoms with Gasteiger partial charge < -0.3 is 13.6 Å². The van der Waals surface area contributed by atoms with Crippen molar-refractivity contribution in [1.29, 1.82) is 0 Å². The van der Waals surface area contributed by atoms with Crippen LogP contribution in [0.3, 0.4) is 0 Å². The molecule has 0 atom stereocenters. The summed E-state index contributed by atoms with van der Waals surface area (Å²) in [7, 11) is 1.54. The molecule has 0 bridgehead atoms. The Bertz CT molecular complexity index is 852. The van der Waals surface area contributed by atoms with Crippen LogP contribution in [0.2, 0.25) is 0 Å². The second kappa shape index (κ2) is 3.88. The third-order valence-electron chi connectivity index (χ3n) is 3.64. The number of benzene rings is 1. The highest BCUT2D eigenvalue weighted by Crippen LogP contribution is 2.37. The van der Waals surface area contributed by atoms with Crippen molar-refractivity contribution in [2.24, 2.45) is 0 Å². The number of hydrogen-bond donors (Lipinski definition) is 0. The van der Waals surface area contributed by atoms with Gasteiger partial charge in [-0.2, -0.15) is 0 Å². The minimum Gasteiger partial charge on any atom is -0.490 e. The number of hydrogen-bond acceptors (Lipinski definition) is 4. The molecule has 0 fully saturated rings. The lowest BCUT2D eigenvalue weighted by atomic mass is 10.0. The predicted molar refractivity (Wildman–Crippen MR) is 73.0 cm³/mol. The van der Waals surface area contributed by atoms with Crippen LogP contribution < -0.4 is 10.4 Å². The maximum Gasteiger partial charge on any atom is 0.339 e. The van der Waals surface area contributed by atoms with Crippen LogP contribution in [-0.2, 0) is 0 Å². The molecular weight excluding hydrogens is 244 g/mol. The molecule has 0 amide bonds. The van der Waals surface area contributed by atoms with Crippen LogP contribution in [0.25, 0.3) is 21.9 Å². The van der Waals surface area contributed by atoms with Gasteiger partial charge in [0.25, 0.3) is 0 Å². The minimum atomic E-state index is -0.342. The van der Waals surface area contributed by atoms with Crippen molar-refractivity contribution < 1.29 is 13.6 Å². The van der Waals surface area contributed by atoms with Crippen LogP contribution in [0.4, 0.5) is 0 Å². The van der Waals surface area contributed by atoms with Gasteiger partial charge in [-0.15, -0.1) is 0 Å². The fourth-order valence-corrected chi connectivity index (χ4v) is 2.33. The first-order valence-electron chi connectivity index (χ1n) is 6.03. The molecule has 2 aromatic heterocycles. The predicted octanol–water partition coefficient (Wildman–Crippen LogP) is 3.47. The summed E-state index contributed by atoms with van der Waals surface area (Å²) in [6.07, 6.45) is 1.67. The van der Waals surface area contributed by atoms with Crippen molar-refractivity contribution in [2.75, 3.05) is 7.11 Å². The topological polar surface area (TPSA) is 52.6 Å². The molecule has 0 radical (unpaired) electrons. The van der Waals surface area contributed by atoms with Crippen LogP contribution in [-0.4, -0.2) is 7.11 Å². The van der Waals surface area contributed by atoms with Gasteiger partial charge in [0.2, 0.25) is 5.75 Å². The summed E-state index contributed by atoms with van der Waals surface area (Å²) < 4.78 is 16.3. The molecule has 4 heteroatoms. The Balaban J connectivity index is 2.65. The van der Waals surface area contributed by atoms with Gasteiger partial charge in [0.05, 0.1) is 13.4 Å². The smallest absolute Gasteiger partial charge is 0.339 e. The van der Waals surface area contributed by atoms with E-state index < -0.39 is 0 Å². The van der Waals surface area contributed by atoms with Crippen molar-refractivity contribution >= 4 is 21.9 Å². The standard InChI is InChI=1S/C15H14O4/c1-7-6-18-12-10(7)5-11-8(2)9(3)15(16)19-13(11)14(12)17-4/h5-6H,1-4H3. The van der Waals surface area contributed by atoms with Gasteiger partial charge in [-0.05, 0) is 38.0 Å². The number of ether oxygens (including phenoxy) is 1. The highest BCUT2D eigenvalue weighted by molar-refractivity contribution is 6.02. The van der Waals surface area contributed by atoms with Gasteiger partial charge in [-0.25, -0.2) is 4.79 Å². The van der Waals surface area contributed by atoms with Crippen molar-refractivity contribution in [2.45, 2.75) is 20.8 Å². The summed E-state index contributed by atoms with van der Waals surface area (Å²) in [6.45, 7) is 5.65. The fourth-order valence-electron chi connectivity index (χ4n) is 2.33. The van der Waals surface area contributed by atoms with E-state index in [-0.39, 0.29) is 5.63 Å². The zero-order chi connectivity index (χ0) is 13.7. The number of rotatable bonds is 1. The van der Waals surface area contributed by atoms with E-state index in [1.807, 2.05) is 19.9 Å². The lowest BCUT2D eigenvalue weighted by Gasteiger charge is -2.08. The van der Waals surface area contributed by atoms with Gasteiger partial charge in [0, 0.05) is 16.3 Å². The molecule has 0 saturated heterocycles. The van der Waals surface area contributed by atoms with Crippen LogP contribution >= 0.6 is 0 Å². The average Bonchev–Trinajstić information content (AvgIpc) is 2.76. The first kappa shape index (κ1) is 11.8. The molecule has 0 aliphatic rings. The Morgan fingerprint density at radius 2 is 1.79 bits per heavy atom. The SMILES string of the molecule is COc1c2occ(C)c2cc2c(C)c(C)c(=O)oc12. The summed E-state index contributed by atoms with van der Waals surface area (Å²) in [4.78, 5) is 11.8.